The van der Waals surface area contributed by atoms with Gasteiger partial charge >= 0.3 is 5.97 Å². The summed E-state index contributed by atoms with van der Waals surface area (Å²) in [5.74, 6) is -0.131. The first-order chi connectivity index (χ1) is 35.5. The molecule has 2 atom stereocenters. The van der Waals surface area contributed by atoms with Gasteiger partial charge in [-0.05, 0) is 89.9 Å². The maximum atomic E-state index is 12.5. The first-order valence-corrected chi connectivity index (χ1v) is 31.9. The van der Waals surface area contributed by atoms with Gasteiger partial charge in [0.2, 0.25) is 5.91 Å². The molecule has 3 N–H and O–H groups in total. The van der Waals surface area contributed by atoms with Crippen LogP contribution >= 0.6 is 0 Å². The fourth-order valence-electron chi connectivity index (χ4n) is 9.66. The Labute approximate surface area is 448 Å². The Balaban J connectivity index is 3.52. The number of allylic oxidation sites excluding steroid dienone is 7. The van der Waals surface area contributed by atoms with Gasteiger partial charge in [0.05, 0.1) is 25.4 Å². The largest absolute Gasteiger partial charge is 0.466 e. The van der Waals surface area contributed by atoms with Crippen LogP contribution in [0.5, 0.6) is 0 Å². The summed E-state index contributed by atoms with van der Waals surface area (Å²) in [4.78, 5) is 24.6. The van der Waals surface area contributed by atoms with E-state index in [1.807, 2.05) is 6.08 Å². The summed E-state index contributed by atoms with van der Waals surface area (Å²) in [7, 11) is 0. The lowest BCUT2D eigenvalue weighted by Gasteiger charge is -2.20. The van der Waals surface area contributed by atoms with Crippen molar-refractivity contribution in [1.29, 1.82) is 0 Å². The van der Waals surface area contributed by atoms with Crippen molar-refractivity contribution in [3.63, 3.8) is 0 Å². The van der Waals surface area contributed by atoms with Gasteiger partial charge in [-0.15, -0.1) is 0 Å². The minimum atomic E-state index is -0.866. The Morgan fingerprint density at radius 2 is 0.694 bits per heavy atom. The summed E-state index contributed by atoms with van der Waals surface area (Å²) in [5, 5.41) is 23.2. The number of carbonyl (C=O) groups excluding carboxylic acids is 2. The molecule has 6 heteroatoms. The molecule has 0 aromatic heterocycles. The van der Waals surface area contributed by atoms with Gasteiger partial charge < -0.3 is 20.3 Å². The highest BCUT2D eigenvalue weighted by molar-refractivity contribution is 5.76. The zero-order chi connectivity index (χ0) is 52.2. The fraction of sp³-hybridized carbons (Fsp3) is 0.848. The van der Waals surface area contributed by atoms with Gasteiger partial charge in [-0.3, -0.25) is 9.59 Å². The number of ether oxygens (including phenoxy) is 1. The summed E-state index contributed by atoms with van der Waals surface area (Å²) in [5.41, 5.74) is 0. The van der Waals surface area contributed by atoms with Crippen LogP contribution in [0.2, 0.25) is 0 Å². The SMILES string of the molecule is CCCCC/C=C\C/C=C\CCCCCCCCCCCC(=O)OCCCC/C=C\CCCCCCCC(=O)NC(CO)C(O)/C=C/CCCCCCCCCCCCCCCCCCCCCCCCC. The van der Waals surface area contributed by atoms with Crippen molar-refractivity contribution >= 4 is 11.9 Å². The zero-order valence-electron chi connectivity index (χ0n) is 48.2. The average Bonchev–Trinajstić information content (AvgIpc) is 3.38. The van der Waals surface area contributed by atoms with Crippen molar-refractivity contribution in [3.05, 3.63) is 48.6 Å². The maximum Gasteiger partial charge on any atom is 0.305 e. The Hall–Kier alpha value is -2.18. The highest BCUT2D eigenvalue weighted by atomic mass is 16.5. The molecular formula is C66H123NO5. The third kappa shape index (κ3) is 57.1. The monoisotopic (exact) mass is 1010 g/mol. The number of carbonyl (C=O) groups is 2. The topological polar surface area (TPSA) is 95.9 Å². The van der Waals surface area contributed by atoms with E-state index >= 15 is 0 Å². The van der Waals surface area contributed by atoms with E-state index in [2.05, 4.69) is 55.6 Å². The molecule has 6 nitrogen and oxygen atoms in total. The lowest BCUT2D eigenvalue weighted by Crippen LogP contribution is -2.45. The van der Waals surface area contributed by atoms with Crippen LogP contribution in [-0.4, -0.2) is 47.4 Å². The van der Waals surface area contributed by atoms with Crippen LogP contribution in [0.1, 0.15) is 335 Å². The molecular weight excluding hydrogens is 887 g/mol. The highest BCUT2D eigenvalue weighted by Crippen LogP contribution is 2.17. The molecule has 0 rings (SSSR count). The molecule has 72 heavy (non-hydrogen) atoms. The summed E-state index contributed by atoms with van der Waals surface area (Å²) >= 11 is 0. The summed E-state index contributed by atoms with van der Waals surface area (Å²) in [6.07, 6.45) is 78.7. The Morgan fingerprint density at radius 1 is 0.389 bits per heavy atom. The van der Waals surface area contributed by atoms with Crippen molar-refractivity contribution in [3.8, 4) is 0 Å². The van der Waals surface area contributed by atoms with E-state index in [1.54, 1.807) is 6.08 Å². The van der Waals surface area contributed by atoms with Crippen molar-refractivity contribution < 1.29 is 24.5 Å². The minimum Gasteiger partial charge on any atom is -0.466 e. The lowest BCUT2D eigenvalue weighted by atomic mass is 10.0. The molecule has 0 aromatic rings. The van der Waals surface area contributed by atoms with Gasteiger partial charge in [-0.1, -0.05) is 281 Å². The van der Waals surface area contributed by atoms with Crippen LogP contribution in [-0.2, 0) is 14.3 Å². The molecule has 0 aromatic carbocycles. The quantitative estimate of drug-likeness (QED) is 0.0320. The molecule has 0 radical (unpaired) electrons. The zero-order valence-corrected chi connectivity index (χ0v) is 48.2. The predicted octanol–water partition coefficient (Wildman–Crippen LogP) is 20.1. The second-order valence-electron chi connectivity index (χ2n) is 21.7. The van der Waals surface area contributed by atoms with E-state index in [0.29, 0.717) is 19.4 Å². The van der Waals surface area contributed by atoms with Gasteiger partial charge in [0.1, 0.15) is 0 Å². The van der Waals surface area contributed by atoms with Crippen LogP contribution < -0.4 is 5.32 Å². The lowest BCUT2D eigenvalue weighted by molar-refractivity contribution is -0.143. The van der Waals surface area contributed by atoms with E-state index in [1.165, 1.54) is 218 Å². The molecule has 0 aliphatic carbocycles. The van der Waals surface area contributed by atoms with E-state index in [0.717, 1.165) is 89.9 Å². The second-order valence-corrected chi connectivity index (χ2v) is 21.7. The van der Waals surface area contributed by atoms with Gasteiger partial charge in [0, 0.05) is 12.8 Å². The van der Waals surface area contributed by atoms with Crippen LogP contribution in [0, 0.1) is 0 Å². The summed E-state index contributed by atoms with van der Waals surface area (Å²) in [6, 6.07) is -0.652. The molecule has 0 saturated carbocycles. The van der Waals surface area contributed by atoms with Gasteiger partial charge in [-0.2, -0.15) is 0 Å². The number of hydrogen-bond acceptors (Lipinski definition) is 5. The van der Waals surface area contributed by atoms with Gasteiger partial charge in [0.25, 0.3) is 0 Å². The molecule has 0 spiro atoms. The molecule has 0 aliphatic heterocycles. The predicted molar refractivity (Wildman–Crippen MR) is 315 cm³/mol. The third-order valence-corrected chi connectivity index (χ3v) is 14.6. The first kappa shape index (κ1) is 69.8. The number of esters is 1. The van der Waals surface area contributed by atoms with Crippen LogP contribution in [0.3, 0.4) is 0 Å². The van der Waals surface area contributed by atoms with Crippen LogP contribution in [0.25, 0.3) is 0 Å². The van der Waals surface area contributed by atoms with Crippen molar-refractivity contribution in [2.45, 2.75) is 347 Å². The number of amides is 1. The molecule has 422 valence electrons. The first-order valence-electron chi connectivity index (χ1n) is 31.9. The Bertz CT molecular complexity index is 1210. The van der Waals surface area contributed by atoms with E-state index < -0.39 is 12.1 Å². The van der Waals surface area contributed by atoms with Gasteiger partial charge in [-0.25, -0.2) is 0 Å². The Morgan fingerprint density at radius 3 is 1.10 bits per heavy atom. The van der Waals surface area contributed by atoms with Gasteiger partial charge in [0.15, 0.2) is 0 Å². The maximum absolute atomic E-state index is 12.5. The fourth-order valence-corrected chi connectivity index (χ4v) is 9.66. The molecule has 0 aliphatic rings. The smallest absolute Gasteiger partial charge is 0.305 e. The Kier molecular flexibility index (Phi) is 59.5. The van der Waals surface area contributed by atoms with E-state index in [-0.39, 0.29) is 18.5 Å². The highest BCUT2D eigenvalue weighted by Gasteiger charge is 2.18. The summed E-state index contributed by atoms with van der Waals surface area (Å²) in [6.45, 7) is 4.82. The van der Waals surface area contributed by atoms with Crippen LogP contribution in [0.4, 0.5) is 0 Å². The van der Waals surface area contributed by atoms with Crippen molar-refractivity contribution in [2.75, 3.05) is 13.2 Å². The standard InChI is InChI=1S/C66H123NO5/c1-3-5-7-9-11-13-15-17-19-21-23-24-25-26-27-28-30-31-33-35-38-42-46-50-54-58-64(69)63(62-68)67-65(70)59-55-51-47-43-39-37-41-45-49-53-57-61-72-66(71)60-56-52-48-44-40-36-34-32-29-22-20-18-16-14-12-10-8-6-4-2/h12,14,18,20,41,45,54,58,63-64,68-69H,3-11,13,15-17,19,21-40,42-44,46-53,55-57,59-62H2,1-2H3,(H,67,70)/b14-12-,20-18-,45-41-,58-54+. The minimum absolute atomic E-state index is 0.0363. The molecule has 1 amide bonds. The number of aliphatic hydroxyl groups excluding tert-OH is 2. The number of hydrogen-bond donors (Lipinski definition) is 3. The van der Waals surface area contributed by atoms with Crippen molar-refractivity contribution in [2.24, 2.45) is 0 Å². The third-order valence-electron chi connectivity index (χ3n) is 14.6. The molecule has 0 bridgehead atoms. The van der Waals surface area contributed by atoms with Crippen molar-refractivity contribution in [1.82, 2.24) is 5.32 Å². The summed E-state index contributed by atoms with van der Waals surface area (Å²) < 4.78 is 5.46. The second kappa shape index (κ2) is 61.4. The number of aliphatic hydroxyl groups is 2. The van der Waals surface area contributed by atoms with E-state index in [4.69, 9.17) is 4.74 Å². The molecule has 0 saturated heterocycles. The van der Waals surface area contributed by atoms with E-state index in [9.17, 15) is 19.8 Å². The number of unbranched alkanes of at least 4 members (excludes halogenated alkanes) is 42. The number of nitrogens with one attached hydrogen (secondary N) is 1. The van der Waals surface area contributed by atoms with Crippen LogP contribution in [0.15, 0.2) is 48.6 Å². The molecule has 0 fully saturated rings. The number of rotatable bonds is 59. The molecule has 2 unspecified atom stereocenters. The normalized spacial score (nSPS) is 12.9. The molecule has 0 heterocycles. The average molecular weight is 1010 g/mol.